The molecule has 90 valence electrons. The van der Waals surface area contributed by atoms with Crippen LogP contribution in [0.4, 0.5) is 0 Å². The second-order valence-electron chi connectivity index (χ2n) is 6.19. The average molecular weight is 221 g/mol. The predicted molar refractivity (Wildman–Crippen MR) is 64.3 cm³/mol. The maximum atomic E-state index is 12.0. The second kappa shape index (κ2) is 3.32. The lowest BCUT2D eigenvalue weighted by Gasteiger charge is -2.31. The summed E-state index contributed by atoms with van der Waals surface area (Å²) >= 11 is 0. The highest BCUT2D eigenvalue weighted by atomic mass is 16.1. The number of carbonyl (C=O) groups is 1. The van der Waals surface area contributed by atoms with Crippen molar-refractivity contribution < 1.29 is 4.79 Å². The summed E-state index contributed by atoms with van der Waals surface area (Å²) in [6, 6.07) is 0.259. The van der Waals surface area contributed by atoms with Gasteiger partial charge in [0.05, 0.1) is 6.04 Å². The number of nitrogens with zero attached hydrogens (tertiary/aromatic N) is 1. The minimum Gasteiger partial charge on any atom is -0.298 e. The molecule has 16 heavy (non-hydrogen) atoms. The average Bonchev–Trinajstić information content (AvgIpc) is 2.75. The summed E-state index contributed by atoms with van der Waals surface area (Å²) < 4.78 is 0. The van der Waals surface area contributed by atoms with E-state index in [4.69, 9.17) is 0 Å². The summed E-state index contributed by atoms with van der Waals surface area (Å²) in [6.07, 6.45) is 7.62. The lowest BCUT2D eigenvalue weighted by Crippen LogP contribution is -2.35. The Balaban J connectivity index is 1.76. The Morgan fingerprint density at radius 3 is 2.50 bits per heavy atom. The van der Waals surface area contributed by atoms with E-state index in [1.165, 1.54) is 38.6 Å². The van der Waals surface area contributed by atoms with Crippen molar-refractivity contribution in [3.05, 3.63) is 0 Å². The maximum Gasteiger partial charge on any atom is 0.149 e. The molecule has 2 atom stereocenters. The first kappa shape index (κ1) is 10.8. The standard InChI is InChI=1S/C14H23NO/c1-3-12(16)11-8-14(10-15(11)4-2)9-13(14)6-5-7-13/h11H,3-10H2,1-2H3/t11-,14-/m0/s1. The quantitative estimate of drug-likeness (QED) is 0.730. The van der Waals surface area contributed by atoms with Gasteiger partial charge in [-0.3, -0.25) is 9.69 Å². The Morgan fingerprint density at radius 2 is 2.06 bits per heavy atom. The van der Waals surface area contributed by atoms with Crippen molar-refractivity contribution in [2.75, 3.05) is 13.1 Å². The topological polar surface area (TPSA) is 20.3 Å². The van der Waals surface area contributed by atoms with Crippen LogP contribution in [0.25, 0.3) is 0 Å². The summed E-state index contributed by atoms with van der Waals surface area (Å²) in [7, 11) is 0. The summed E-state index contributed by atoms with van der Waals surface area (Å²) in [5.41, 5.74) is 1.26. The van der Waals surface area contributed by atoms with Crippen LogP contribution in [0, 0.1) is 10.8 Å². The monoisotopic (exact) mass is 221 g/mol. The van der Waals surface area contributed by atoms with Crippen molar-refractivity contribution in [3.63, 3.8) is 0 Å². The van der Waals surface area contributed by atoms with E-state index in [2.05, 4.69) is 11.8 Å². The first-order chi connectivity index (χ1) is 7.66. The molecule has 1 heterocycles. The van der Waals surface area contributed by atoms with Crippen molar-refractivity contribution in [2.45, 2.75) is 58.4 Å². The lowest BCUT2D eigenvalue weighted by molar-refractivity contribution is -0.123. The highest BCUT2D eigenvalue weighted by Gasteiger charge is 2.72. The molecule has 0 radical (unpaired) electrons. The molecule has 2 heteroatoms. The van der Waals surface area contributed by atoms with Crippen LogP contribution in [0.5, 0.6) is 0 Å². The summed E-state index contributed by atoms with van der Waals surface area (Å²) in [4.78, 5) is 14.4. The zero-order chi connectivity index (χ0) is 11.4. The third kappa shape index (κ3) is 1.20. The Kier molecular flexibility index (Phi) is 2.23. The van der Waals surface area contributed by atoms with Gasteiger partial charge in [-0.15, -0.1) is 0 Å². The molecule has 3 fully saturated rings. The fourth-order valence-corrected chi connectivity index (χ4v) is 4.37. The fourth-order valence-electron chi connectivity index (χ4n) is 4.37. The molecule has 0 unspecified atom stereocenters. The van der Waals surface area contributed by atoms with Gasteiger partial charge in [-0.1, -0.05) is 20.3 Å². The third-order valence-corrected chi connectivity index (χ3v) is 5.64. The molecule has 0 bridgehead atoms. The summed E-state index contributed by atoms with van der Waals surface area (Å²) in [6.45, 7) is 6.46. The number of fused-ring (bicyclic) bond motifs is 1. The fraction of sp³-hybridized carbons (Fsp3) is 0.929. The van der Waals surface area contributed by atoms with Gasteiger partial charge >= 0.3 is 0 Å². The van der Waals surface area contributed by atoms with Crippen molar-refractivity contribution in [3.8, 4) is 0 Å². The van der Waals surface area contributed by atoms with E-state index in [0.717, 1.165) is 6.54 Å². The van der Waals surface area contributed by atoms with Crippen LogP contribution in [0.15, 0.2) is 0 Å². The van der Waals surface area contributed by atoms with E-state index in [0.29, 0.717) is 23.0 Å². The minimum atomic E-state index is 0.259. The van der Waals surface area contributed by atoms with Crippen molar-refractivity contribution in [2.24, 2.45) is 10.8 Å². The third-order valence-electron chi connectivity index (χ3n) is 5.64. The molecule has 2 aliphatic carbocycles. The van der Waals surface area contributed by atoms with Gasteiger partial charge in [0.1, 0.15) is 5.78 Å². The van der Waals surface area contributed by atoms with Crippen LogP contribution < -0.4 is 0 Å². The number of carbonyl (C=O) groups excluding carboxylic acids is 1. The van der Waals surface area contributed by atoms with Crippen molar-refractivity contribution >= 4 is 5.78 Å². The summed E-state index contributed by atoms with van der Waals surface area (Å²) in [5, 5.41) is 0. The first-order valence-electron chi connectivity index (χ1n) is 6.93. The number of likely N-dealkylation sites (tertiary alicyclic amines) is 1. The van der Waals surface area contributed by atoms with Crippen molar-refractivity contribution in [1.29, 1.82) is 0 Å². The van der Waals surface area contributed by atoms with Crippen LogP contribution in [0.1, 0.15) is 52.4 Å². The molecule has 3 aliphatic rings. The first-order valence-corrected chi connectivity index (χ1v) is 6.93. The molecule has 2 saturated carbocycles. The van der Waals surface area contributed by atoms with E-state index < -0.39 is 0 Å². The van der Waals surface area contributed by atoms with Crippen LogP contribution in [-0.4, -0.2) is 29.8 Å². The molecule has 0 aromatic carbocycles. The van der Waals surface area contributed by atoms with Gasteiger partial charge in [-0.05, 0) is 43.1 Å². The van der Waals surface area contributed by atoms with E-state index in [1.807, 2.05) is 6.92 Å². The number of likely N-dealkylation sites (N-methyl/N-ethyl adjacent to an activating group) is 1. The van der Waals surface area contributed by atoms with E-state index >= 15 is 0 Å². The van der Waals surface area contributed by atoms with E-state index in [-0.39, 0.29) is 6.04 Å². The molecule has 0 aromatic rings. The molecule has 1 saturated heterocycles. The molecule has 3 rings (SSSR count). The normalized spacial score (nSPS) is 40.2. The van der Waals surface area contributed by atoms with Crippen LogP contribution in [0.2, 0.25) is 0 Å². The Labute approximate surface area is 98.4 Å². The van der Waals surface area contributed by atoms with Crippen LogP contribution in [0.3, 0.4) is 0 Å². The number of hydrogen-bond acceptors (Lipinski definition) is 2. The summed E-state index contributed by atoms with van der Waals surface area (Å²) in [5.74, 6) is 0.472. The van der Waals surface area contributed by atoms with Gasteiger partial charge in [-0.25, -0.2) is 0 Å². The zero-order valence-corrected chi connectivity index (χ0v) is 10.6. The smallest absolute Gasteiger partial charge is 0.149 e. The highest BCUT2D eigenvalue weighted by Crippen LogP contribution is 2.77. The second-order valence-corrected chi connectivity index (χ2v) is 6.19. The minimum absolute atomic E-state index is 0.259. The Bertz CT molecular complexity index is 321. The van der Waals surface area contributed by atoms with Gasteiger partial charge in [0, 0.05) is 13.0 Å². The molecular formula is C14H23NO. The zero-order valence-electron chi connectivity index (χ0n) is 10.6. The number of rotatable bonds is 3. The highest BCUT2D eigenvalue weighted by molar-refractivity contribution is 5.84. The van der Waals surface area contributed by atoms with Crippen LogP contribution in [-0.2, 0) is 4.79 Å². The van der Waals surface area contributed by atoms with Gasteiger partial charge < -0.3 is 0 Å². The predicted octanol–water partition coefficient (Wildman–Crippen LogP) is 2.62. The molecule has 1 aliphatic heterocycles. The maximum absolute atomic E-state index is 12.0. The largest absolute Gasteiger partial charge is 0.298 e. The Morgan fingerprint density at radius 1 is 1.31 bits per heavy atom. The van der Waals surface area contributed by atoms with Gasteiger partial charge in [0.2, 0.25) is 0 Å². The molecular weight excluding hydrogens is 198 g/mol. The SMILES string of the molecule is CCC(=O)[C@@H]1C[C@@]2(CN1CC)CC21CCC1. The molecule has 2 spiro atoms. The number of hydrogen-bond donors (Lipinski definition) is 0. The van der Waals surface area contributed by atoms with Gasteiger partial charge in [0.25, 0.3) is 0 Å². The molecule has 2 nitrogen and oxygen atoms in total. The molecule has 0 N–H and O–H groups in total. The number of ketones is 1. The van der Waals surface area contributed by atoms with E-state index in [1.54, 1.807) is 0 Å². The van der Waals surface area contributed by atoms with Crippen LogP contribution >= 0.6 is 0 Å². The van der Waals surface area contributed by atoms with Gasteiger partial charge in [0.15, 0.2) is 0 Å². The lowest BCUT2D eigenvalue weighted by atomic mass is 9.74. The Hall–Kier alpha value is -0.370. The molecule has 0 aromatic heterocycles. The van der Waals surface area contributed by atoms with Gasteiger partial charge in [-0.2, -0.15) is 0 Å². The van der Waals surface area contributed by atoms with Crippen molar-refractivity contribution in [1.82, 2.24) is 4.90 Å². The number of Topliss-reactive ketones (excluding diaryl/α,β-unsaturated/α-hetero) is 1. The molecule has 0 amide bonds. The van der Waals surface area contributed by atoms with E-state index in [9.17, 15) is 4.79 Å².